The molecular weight excluding hydrogens is 473 g/mol. The molecule has 2 aromatic carbocycles. The van der Waals surface area contributed by atoms with Gasteiger partial charge in [0.2, 0.25) is 0 Å². The highest BCUT2D eigenvalue weighted by Gasteiger charge is 2.47. The average Bonchev–Trinajstić information content (AvgIpc) is 3.51. The van der Waals surface area contributed by atoms with Crippen LogP contribution in [0.1, 0.15) is 43.0 Å². The summed E-state index contributed by atoms with van der Waals surface area (Å²) in [5, 5.41) is 12.6. The van der Waals surface area contributed by atoms with E-state index >= 15 is 0 Å². The minimum Gasteiger partial charge on any atom is -0.481 e. The number of carboxylic acid groups (broad SMARTS) is 1. The Labute approximate surface area is 207 Å². The largest absolute Gasteiger partial charge is 0.481 e. The number of carbonyl (C=O) groups is 1. The Bertz CT molecular complexity index is 1320. The van der Waals surface area contributed by atoms with Gasteiger partial charge in [-0.1, -0.05) is 47.7 Å². The number of thiazole rings is 1. The quantitative estimate of drug-likeness (QED) is 0.314. The van der Waals surface area contributed by atoms with Crippen LogP contribution in [0, 0.1) is 5.82 Å². The van der Waals surface area contributed by atoms with Crippen LogP contribution in [0.4, 0.5) is 4.39 Å². The van der Waals surface area contributed by atoms with E-state index in [1.165, 1.54) is 23.0 Å². The Kier molecular flexibility index (Phi) is 6.98. The fraction of sp³-hybridized carbons (Fsp3) is 0.269. The number of hydrogen-bond acceptors (Lipinski definition) is 5. The van der Waals surface area contributed by atoms with E-state index in [-0.39, 0.29) is 36.1 Å². The second-order valence-electron chi connectivity index (χ2n) is 8.68. The zero-order valence-electron chi connectivity index (χ0n) is 18.6. The third kappa shape index (κ3) is 4.82. The van der Waals surface area contributed by atoms with Crippen molar-refractivity contribution < 1.29 is 14.3 Å². The first kappa shape index (κ1) is 24.3. The maximum absolute atomic E-state index is 14.9. The second-order valence-corrected chi connectivity index (χ2v) is 9.66. The molecule has 5 nitrogen and oxygen atoms in total. The molecule has 4 aromatic rings. The molecule has 0 amide bonds. The van der Waals surface area contributed by atoms with Gasteiger partial charge in [0, 0.05) is 23.6 Å². The highest BCUT2D eigenvalue weighted by molar-refractivity contribution is 7.21. The van der Waals surface area contributed by atoms with Gasteiger partial charge in [0.1, 0.15) is 21.2 Å². The van der Waals surface area contributed by atoms with Crippen molar-refractivity contribution in [3.8, 4) is 10.6 Å². The van der Waals surface area contributed by atoms with E-state index < -0.39 is 5.97 Å². The molecule has 1 unspecified atom stereocenters. The van der Waals surface area contributed by atoms with Crippen molar-refractivity contribution in [1.82, 2.24) is 15.3 Å². The van der Waals surface area contributed by atoms with Gasteiger partial charge in [0.25, 0.3) is 0 Å². The van der Waals surface area contributed by atoms with E-state index in [2.05, 4.69) is 40.6 Å². The highest BCUT2D eigenvalue weighted by Crippen LogP contribution is 2.53. The molecule has 2 N–H and O–H groups in total. The number of hydrogen-bond donors (Lipinski definition) is 2. The van der Waals surface area contributed by atoms with Crippen molar-refractivity contribution >= 4 is 40.1 Å². The van der Waals surface area contributed by atoms with Gasteiger partial charge in [-0.3, -0.25) is 4.79 Å². The number of aromatic nitrogens is 2. The molecule has 1 saturated carbocycles. The molecule has 5 rings (SSSR count). The minimum atomic E-state index is -0.861. The van der Waals surface area contributed by atoms with E-state index in [1.807, 2.05) is 18.2 Å². The van der Waals surface area contributed by atoms with Crippen LogP contribution in [0.3, 0.4) is 0 Å². The molecule has 2 aromatic heterocycles. The number of carboxylic acids is 1. The SMILES string of the molecule is CC(CC(=O)O)NCc1ccc(-c2nc3ccc(C4(c5ccccc5)CC4)nc3s2)c(F)c1.Cl. The Morgan fingerprint density at radius 3 is 2.59 bits per heavy atom. The van der Waals surface area contributed by atoms with Crippen LogP contribution in [0.25, 0.3) is 20.9 Å². The monoisotopic (exact) mass is 497 g/mol. The van der Waals surface area contributed by atoms with Crippen LogP contribution in [-0.2, 0) is 16.8 Å². The summed E-state index contributed by atoms with van der Waals surface area (Å²) in [6.45, 7) is 2.20. The van der Waals surface area contributed by atoms with Gasteiger partial charge in [-0.25, -0.2) is 14.4 Å². The second kappa shape index (κ2) is 9.78. The van der Waals surface area contributed by atoms with Gasteiger partial charge in [-0.15, -0.1) is 12.4 Å². The minimum absolute atomic E-state index is 0. The topological polar surface area (TPSA) is 75.1 Å². The molecule has 1 atom stereocenters. The summed E-state index contributed by atoms with van der Waals surface area (Å²) in [4.78, 5) is 21.2. The number of pyridine rings is 1. The molecule has 8 heteroatoms. The summed E-state index contributed by atoms with van der Waals surface area (Å²) in [5.41, 5.74) is 4.30. The van der Waals surface area contributed by atoms with Gasteiger partial charge in [-0.05, 0) is 55.2 Å². The predicted molar refractivity (Wildman–Crippen MR) is 135 cm³/mol. The van der Waals surface area contributed by atoms with Crippen LogP contribution in [-0.4, -0.2) is 27.1 Å². The van der Waals surface area contributed by atoms with E-state index in [4.69, 9.17) is 10.1 Å². The van der Waals surface area contributed by atoms with E-state index in [0.717, 1.165) is 34.4 Å². The molecule has 1 fully saturated rings. The first-order chi connectivity index (χ1) is 15.9. The summed E-state index contributed by atoms with van der Waals surface area (Å²) >= 11 is 1.41. The molecular formula is C26H25ClFN3O2S. The molecule has 1 aliphatic carbocycles. The lowest BCUT2D eigenvalue weighted by molar-refractivity contribution is -0.137. The normalized spacial score (nSPS) is 15.0. The van der Waals surface area contributed by atoms with Crippen LogP contribution in [0.15, 0.2) is 60.7 Å². The molecule has 176 valence electrons. The average molecular weight is 498 g/mol. The van der Waals surface area contributed by atoms with Crippen molar-refractivity contribution in [1.29, 1.82) is 0 Å². The fourth-order valence-electron chi connectivity index (χ4n) is 4.24. The Balaban J connectivity index is 0.00000274. The predicted octanol–water partition coefficient (Wildman–Crippen LogP) is 5.95. The highest BCUT2D eigenvalue weighted by atomic mass is 35.5. The molecule has 1 aliphatic rings. The molecule has 0 radical (unpaired) electrons. The maximum atomic E-state index is 14.9. The van der Waals surface area contributed by atoms with Gasteiger partial charge in [0.15, 0.2) is 0 Å². The smallest absolute Gasteiger partial charge is 0.304 e. The van der Waals surface area contributed by atoms with Gasteiger partial charge < -0.3 is 10.4 Å². The number of fused-ring (bicyclic) bond motifs is 1. The van der Waals surface area contributed by atoms with Crippen LogP contribution < -0.4 is 5.32 Å². The number of halogens is 2. The summed E-state index contributed by atoms with van der Waals surface area (Å²) in [7, 11) is 0. The van der Waals surface area contributed by atoms with Crippen molar-refractivity contribution in [3.63, 3.8) is 0 Å². The van der Waals surface area contributed by atoms with Crippen molar-refractivity contribution in [2.75, 3.05) is 0 Å². The molecule has 0 spiro atoms. The summed E-state index contributed by atoms with van der Waals surface area (Å²) in [6.07, 6.45) is 2.18. The van der Waals surface area contributed by atoms with Crippen molar-refractivity contribution in [2.45, 2.75) is 44.2 Å². The lowest BCUT2D eigenvalue weighted by atomic mass is 9.92. The van der Waals surface area contributed by atoms with E-state index in [9.17, 15) is 9.18 Å². The third-order valence-electron chi connectivity index (χ3n) is 6.22. The fourth-order valence-corrected chi connectivity index (χ4v) is 5.21. The lowest BCUT2D eigenvalue weighted by Gasteiger charge is -2.14. The molecule has 0 saturated heterocycles. The van der Waals surface area contributed by atoms with Crippen LogP contribution in [0.2, 0.25) is 0 Å². The summed E-state index contributed by atoms with van der Waals surface area (Å²) < 4.78 is 14.9. The molecule has 0 aliphatic heterocycles. The lowest BCUT2D eigenvalue weighted by Crippen LogP contribution is -2.27. The first-order valence-electron chi connectivity index (χ1n) is 11.0. The zero-order valence-corrected chi connectivity index (χ0v) is 20.3. The van der Waals surface area contributed by atoms with Crippen LogP contribution in [0.5, 0.6) is 0 Å². The Hall–Kier alpha value is -2.87. The van der Waals surface area contributed by atoms with Gasteiger partial charge in [0.05, 0.1) is 12.1 Å². The van der Waals surface area contributed by atoms with Gasteiger partial charge >= 0.3 is 5.97 Å². The summed E-state index contributed by atoms with van der Waals surface area (Å²) in [5.74, 6) is -1.21. The molecule has 0 bridgehead atoms. The molecule has 34 heavy (non-hydrogen) atoms. The molecule has 2 heterocycles. The number of nitrogens with one attached hydrogen (secondary N) is 1. The number of rotatable bonds is 8. The van der Waals surface area contributed by atoms with Gasteiger partial charge in [-0.2, -0.15) is 0 Å². The third-order valence-corrected chi connectivity index (χ3v) is 7.22. The summed E-state index contributed by atoms with van der Waals surface area (Å²) in [6, 6.07) is 19.4. The standard InChI is InChI=1S/C26H24FN3O2S.ClH/c1-16(13-23(31)32)28-15-17-7-8-19(20(27)14-17)24-29-21-9-10-22(30-25(21)33-24)26(11-12-26)18-5-3-2-4-6-18;/h2-10,14,16,28H,11-13,15H2,1H3,(H,31,32);1H. The Morgan fingerprint density at radius 1 is 1.15 bits per heavy atom. The number of aliphatic carboxylic acids is 1. The van der Waals surface area contributed by atoms with E-state index in [0.29, 0.717) is 17.1 Å². The van der Waals surface area contributed by atoms with Crippen molar-refractivity contribution in [3.05, 3.63) is 83.3 Å². The van der Waals surface area contributed by atoms with Crippen LogP contribution >= 0.6 is 23.7 Å². The maximum Gasteiger partial charge on any atom is 0.304 e. The van der Waals surface area contributed by atoms with Crippen molar-refractivity contribution in [2.24, 2.45) is 0 Å². The number of nitrogens with zero attached hydrogens (tertiary/aromatic N) is 2. The zero-order chi connectivity index (χ0) is 23.0. The Morgan fingerprint density at radius 2 is 1.91 bits per heavy atom. The first-order valence-corrected chi connectivity index (χ1v) is 11.8. The number of benzene rings is 2. The van der Waals surface area contributed by atoms with E-state index in [1.54, 1.807) is 13.0 Å².